The minimum absolute atomic E-state index is 0.0197. The van der Waals surface area contributed by atoms with E-state index in [0.717, 1.165) is 18.6 Å². The van der Waals surface area contributed by atoms with E-state index in [9.17, 15) is 20.0 Å². The molecule has 1 N–H and O–H groups in total. The highest BCUT2D eigenvalue weighted by Crippen LogP contribution is 2.64. The van der Waals surface area contributed by atoms with Crippen LogP contribution < -0.4 is 4.90 Å². The Bertz CT molecular complexity index is 1620. The summed E-state index contributed by atoms with van der Waals surface area (Å²) in [5, 5.41) is 30.7. The number of fused-ring (bicyclic) bond motifs is 2. The molecule has 204 valence electrons. The molecule has 2 heterocycles. The second-order valence-electron chi connectivity index (χ2n) is 11.2. The average molecular weight is 557 g/mol. The van der Waals surface area contributed by atoms with E-state index in [4.69, 9.17) is 9.52 Å². The predicted molar refractivity (Wildman–Crippen MR) is 156 cm³/mol. The third-order valence-corrected chi connectivity index (χ3v) is 9.88. The lowest BCUT2D eigenvalue weighted by Crippen LogP contribution is -2.32. The van der Waals surface area contributed by atoms with Crippen LogP contribution in [0.4, 0.5) is 11.4 Å². The topological polar surface area (TPSA) is 122 Å². The standard InChI is InChI=1S/C30H28N4O5S/c1-29(2)19-13-14-30(29,3)26(16-19)31-32-28-33(20-7-9-22(35)10-8-20)27(36)25(40-28)17-23-11-12-24(39-23)18-5-4-6-21(15-18)34(37)38/h4-12,15,17,19,35H,13-14,16H2,1-3H3/b25-17-,31-26+,32-28+. The highest BCUT2D eigenvalue weighted by molar-refractivity contribution is 8.19. The van der Waals surface area contributed by atoms with Crippen LogP contribution in [-0.4, -0.2) is 26.8 Å². The van der Waals surface area contributed by atoms with Crippen LogP contribution >= 0.6 is 11.8 Å². The highest BCUT2D eigenvalue weighted by Gasteiger charge is 2.60. The number of hydrogen-bond acceptors (Lipinski definition) is 8. The van der Waals surface area contributed by atoms with Crippen molar-refractivity contribution in [3.8, 4) is 17.1 Å². The van der Waals surface area contributed by atoms with Gasteiger partial charge >= 0.3 is 0 Å². The van der Waals surface area contributed by atoms with Crippen molar-refractivity contribution in [3.63, 3.8) is 0 Å². The van der Waals surface area contributed by atoms with Crippen LogP contribution in [0.2, 0.25) is 0 Å². The van der Waals surface area contributed by atoms with Crippen LogP contribution in [0, 0.1) is 26.9 Å². The molecule has 2 unspecified atom stereocenters. The minimum atomic E-state index is -0.455. The van der Waals surface area contributed by atoms with Gasteiger partial charge in [-0.3, -0.25) is 19.8 Å². The smallest absolute Gasteiger partial charge is 0.271 e. The molecule has 2 aromatic carbocycles. The van der Waals surface area contributed by atoms with E-state index in [1.165, 1.54) is 47.3 Å². The summed E-state index contributed by atoms with van der Waals surface area (Å²) < 4.78 is 5.93. The van der Waals surface area contributed by atoms with Crippen molar-refractivity contribution in [2.75, 3.05) is 4.90 Å². The molecule has 3 aromatic rings. The van der Waals surface area contributed by atoms with Gasteiger partial charge in [-0.15, -0.1) is 5.10 Å². The number of carbonyl (C=O) groups excluding carboxylic acids is 1. The molecule has 2 saturated carbocycles. The van der Waals surface area contributed by atoms with E-state index in [1.807, 2.05) is 0 Å². The van der Waals surface area contributed by atoms with Crippen molar-refractivity contribution in [1.82, 2.24) is 0 Å². The van der Waals surface area contributed by atoms with Gasteiger partial charge in [0.15, 0.2) is 0 Å². The first-order chi connectivity index (χ1) is 19.1. The number of rotatable bonds is 5. The molecule has 6 rings (SSSR count). The first kappa shape index (κ1) is 26.1. The molecule has 3 aliphatic rings. The summed E-state index contributed by atoms with van der Waals surface area (Å²) in [5.74, 6) is 1.27. The van der Waals surface area contributed by atoms with Crippen LogP contribution in [0.25, 0.3) is 17.4 Å². The highest BCUT2D eigenvalue weighted by atomic mass is 32.2. The molecular formula is C30H28N4O5S. The predicted octanol–water partition coefficient (Wildman–Crippen LogP) is 7.24. The number of amides is 1. The molecule has 3 fully saturated rings. The maximum Gasteiger partial charge on any atom is 0.271 e. The molecule has 40 heavy (non-hydrogen) atoms. The lowest BCUT2D eigenvalue weighted by molar-refractivity contribution is -0.384. The zero-order valence-corrected chi connectivity index (χ0v) is 23.1. The van der Waals surface area contributed by atoms with Crippen LogP contribution in [0.1, 0.15) is 45.8 Å². The summed E-state index contributed by atoms with van der Waals surface area (Å²) in [6, 6.07) is 16.0. The number of amidine groups is 1. The monoisotopic (exact) mass is 556 g/mol. The molecule has 1 aromatic heterocycles. The Morgan fingerprint density at radius 3 is 2.58 bits per heavy atom. The molecule has 2 aliphatic carbocycles. The van der Waals surface area contributed by atoms with Gasteiger partial charge in [-0.05, 0) is 78.8 Å². The Labute approximate surface area is 235 Å². The molecule has 1 aliphatic heterocycles. The summed E-state index contributed by atoms with van der Waals surface area (Å²) in [7, 11) is 0. The molecule has 0 radical (unpaired) electrons. The molecule has 0 spiro atoms. The molecule has 2 bridgehead atoms. The SMILES string of the molecule is CC12CCC(C/C1=N\N=C1\S/C(=C\c3ccc(-c4cccc([N+](=O)[O-])c4)o3)C(=O)N1c1ccc(O)cc1)C2(C)C. The first-order valence-electron chi connectivity index (χ1n) is 13.1. The average Bonchev–Trinajstić information content (AvgIpc) is 3.63. The fraction of sp³-hybridized carbons (Fsp3) is 0.300. The van der Waals surface area contributed by atoms with Gasteiger partial charge in [0.1, 0.15) is 17.3 Å². The van der Waals surface area contributed by atoms with Gasteiger partial charge in [0.2, 0.25) is 5.17 Å². The largest absolute Gasteiger partial charge is 0.508 e. The number of phenols is 1. The summed E-state index contributed by atoms with van der Waals surface area (Å²) in [6.45, 7) is 6.89. The molecule has 10 heteroatoms. The number of non-ortho nitro benzene ring substituents is 1. The number of nitrogens with zero attached hydrogens (tertiary/aromatic N) is 4. The molecule has 1 amide bonds. The third kappa shape index (κ3) is 4.23. The Balaban J connectivity index is 1.34. The maximum atomic E-state index is 13.6. The summed E-state index contributed by atoms with van der Waals surface area (Å²) in [4.78, 5) is 26.2. The zero-order valence-electron chi connectivity index (χ0n) is 22.3. The lowest BCUT2D eigenvalue weighted by Gasteiger charge is -2.34. The minimum Gasteiger partial charge on any atom is -0.508 e. The van der Waals surface area contributed by atoms with Crippen LogP contribution in [0.5, 0.6) is 5.75 Å². The maximum absolute atomic E-state index is 13.6. The number of phenolic OH excluding ortho intramolecular Hbond substituents is 1. The fourth-order valence-corrected chi connectivity index (χ4v) is 6.95. The van der Waals surface area contributed by atoms with Crippen molar-refractivity contribution in [2.45, 2.75) is 40.0 Å². The van der Waals surface area contributed by atoms with Gasteiger partial charge in [0.25, 0.3) is 11.6 Å². The normalized spacial score (nSPS) is 26.5. The van der Waals surface area contributed by atoms with Crippen LogP contribution in [0.15, 0.2) is 80.2 Å². The van der Waals surface area contributed by atoms with Crippen molar-refractivity contribution in [2.24, 2.45) is 27.0 Å². The fourth-order valence-electron chi connectivity index (χ4n) is 6.04. The van der Waals surface area contributed by atoms with E-state index < -0.39 is 4.92 Å². The van der Waals surface area contributed by atoms with E-state index in [-0.39, 0.29) is 28.2 Å². The lowest BCUT2D eigenvalue weighted by atomic mass is 9.70. The van der Waals surface area contributed by atoms with Crippen molar-refractivity contribution < 1.29 is 19.2 Å². The van der Waals surface area contributed by atoms with Crippen LogP contribution in [0.3, 0.4) is 0 Å². The molecule has 9 nitrogen and oxygen atoms in total. The van der Waals surface area contributed by atoms with Gasteiger partial charge in [-0.1, -0.05) is 32.9 Å². The number of hydrogen-bond donors (Lipinski definition) is 1. The van der Waals surface area contributed by atoms with Crippen molar-refractivity contribution in [3.05, 3.63) is 81.4 Å². The Morgan fingerprint density at radius 1 is 1.12 bits per heavy atom. The number of nitro benzene ring substituents is 1. The van der Waals surface area contributed by atoms with Gasteiger partial charge in [0.05, 0.1) is 15.5 Å². The van der Waals surface area contributed by atoms with E-state index >= 15 is 0 Å². The number of benzene rings is 2. The molecular weight excluding hydrogens is 528 g/mol. The zero-order chi connectivity index (χ0) is 28.2. The van der Waals surface area contributed by atoms with Gasteiger partial charge < -0.3 is 9.52 Å². The second kappa shape index (κ2) is 9.48. The Kier molecular flexibility index (Phi) is 6.18. The first-order valence-corrected chi connectivity index (χ1v) is 13.9. The molecule has 2 atom stereocenters. The third-order valence-electron chi connectivity index (χ3n) is 8.92. The summed E-state index contributed by atoms with van der Waals surface area (Å²) >= 11 is 1.20. The number of anilines is 1. The van der Waals surface area contributed by atoms with Crippen LogP contribution in [-0.2, 0) is 4.79 Å². The van der Waals surface area contributed by atoms with Crippen molar-refractivity contribution in [1.29, 1.82) is 0 Å². The van der Waals surface area contributed by atoms with Gasteiger partial charge in [0, 0.05) is 34.9 Å². The quantitative estimate of drug-likeness (QED) is 0.201. The van der Waals surface area contributed by atoms with Gasteiger partial charge in [-0.25, -0.2) is 0 Å². The van der Waals surface area contributed by atoms with E-state index in [1.54, 1.807) is 42.5 Å². The number of nitro groups is 1. The molecule has 1 saturated heterocycles. The van der Waals surface area contributed by atoms with E-state index in [2.05, 4.69) is 25.9 Å². The Morgan fingerprint density at radius 2 is 1.90 bits per heavy atom. The van der Waals surface area contributed by atoms with Crippen molar-refractivity contribution >= 4 is 46.0 Å². The number of aromatic hydroxyl groups is 1. The second-order valence-corrected chi connectivity index (χ2v) is 12.2. The van der Waals surface area contributed by atoms with E-state index in [0.29, 0.717) is 38.8 Å². The summed E-state index contributed by atoms with van der Waals surface area (Å²) in [6.07, 6.45) is 4.82. The number of thioether (sulfide) groups is 1. The van der Waals surface area contributed by atoms with Gasteiger partial charge in [-0.2, -0.15) is 5.10 Å². The number of furan rings is 1. The summed E-state index contributed by atoms with van der Waals surface area (Å²) in [5.41, 5.74) is 2.31. The Hall–Kier alpha value is -4.18. The number of carbonyl (C=O) groups is 1.